The molecule has 0 atom stereocenters. The second-order valence-corrected chi connectivity index (χ2v) is 4.72. The molecule has 0 amide bonds. The number of ether oxygens (including phenoxy) is 2. The Morgan fingerprint density at radius 1 is 1.00 bits per heavy atom. The molecule has 0 N–H and O–H groups in total. The van der Waals surface area contributed by atoms with Crippen molar-refractivity contribution in [2.75, 3.05) is 6.61 Å². The van der Waals surface area contributed by atoms with Crippen molar-refractivity contribution in [2.24, 2.45) is 0 Å². The van der Waals surface area contributed by atoms with Crippen LogP contribution in [0.2, 0.25) is 0 Å². The van der Waals surface area contributed by atoms with Gasteiger partial charge in [-0.25, -0.2) is 4.79 Å². The molecule has 0 fully saturated rings. The first-order chi connectivity index (χ1) is 11.4. The molecule has 0 aliphatic rings. The predicted octanol–water partition coefficient (Wildman–Crippen LogP) is 4.64. The average Bonchev–Trinajstić information content (AvgIpc) is 2.54. The molecule has 0 saturated heterocycles. The van der Waals surface area contributed by atoms with Crippen molar-refractivity contribution in [3.8, 4) is 11.5 Å². The number of halogens is 3. The Bertz CT molecular complexity index is 722. The number of hydrogen-bond acceptors (Lipinski definition) is 3. The number of alkyl halides is 3. The second-order valence-electron chi connectivity index (χ2n) is 4.72. The number of benzene rings is 2. The van der Waals surface area contributed by atoms with Crippen molar-refractivity contribution in [3.05, 3.63) is 66.2 Å². The van der Waals surface area contributed by atoms with Gasteiger partial charge in [0.1, 0.15) is 0 Å². The Morgan fingerprint density at radius 3 is 2.17 bits per heavy atom. The van der Waals surface area contributed by atoms with E-state index in [1.165, 1.54) is 30.3 Å². The largest absolute Gasteiger partial charge is 0.490 e. The maximum absolute atomic E-state index is 13.2. The molecule has 0 aliphatic carbocycles. The highest BCUT2D eigenvalue weighted by atomic mass is 19.4. The second kappa shape index (κ2) is 7.68. The Labute approximate surface area is 137 Å². The van der Waals surface area contributed by atoms with E-state index in [0.29, 0.717) is 12.7 Å². The molecule has 2 rings (SSSR count). The summed E-state index contributed by atoms with van der Waals surface area (Å²) in [6.45, 7) is 2.08. The van der Waals surface area contributed by atoms with Crippen LogP contribution in [0.15, 0.2) is 60.7 Å². The van der Waals surface area contributed by atoms with Crippen LogP contribution in [0.1, 0.15) is 12.5 Å². The first kappa shape index (κ1) is 17.6. The summed E-state index contributed by atoms with van der Waals surface area (Å²) < 4.78 is 49.9. The molecule has 2 aromatic carbocycles. The van der Waals surface area contributed by atoms with Gasteiger partial charge < -0.3 is 9.47 Å². The van der Waals surface area contributed by atoms with Crippen LogP contribution in [0, 0.1) is 0 Å². The summed E-state index contributed by atoms with van der Waals surface area (Å²) in [6.07, 6.45) is -4.24. The van der Waals surface area contributed by atoms with Gasteiger partial charge in [-0.05, 0) is 24.6 Å². The lowest BCUT2D eigenvalue weighted by Gasteiger charge is -2.12. The highest BCUT2D eigenvalue weighted by Crippen LogP contribution is 2.34. The zero-order valence-corrected chi connectivity index (χ0v) is 12.8. The molecule has 0 spiro atoms. The van der Waals surface area contributed by atoms with E-state index in [1.807, 2.05) is 0 Å². The molecule has 0 aliphatic heterocycles. The minimum Gasteiger partial charge on any atom is -0.490 e. The maximum Gasteiger partial charge on any atom is 0.417 e. The van der Waals surface area contributed by atoms with Gasteiger partial charge in [-0.15, -0.1) is 0 Å². The van der Waals surface area contributed by atoms with Gasteiger partial charge in [-0.1, -0.05) is 42.5 Å². The molecular formula is C18H15F3O3. The van der Waals surface area contributed by atoms with Gasteiger partial charge in [-0.3, -0.25) is 0 Å². The van der Waals surface area contributed by atoms with Gasteiger partial charge in [-0.2, -0.15) is 13.2 Å². The van der Waals surface area contributed by atoms with Crippen molar-refractivity contribution in [1.82, 2.24) is 0 Å². The third-order valence-electron chi connectivity index (χ3n) is 3.01. The first-order valence-electron chi connectivity index (χ1n) is 7.19. The van der Waals surface area contributed by atoms with Crippen LogP contribution < -0.4 is 9.47 Å². The van der Waals surface area contributed by atoms with Gasteiger partial charge in [0.2, 0.25) is 0 Å². The number of hydrogen-bond donors (Lipinski definition) is 0. The molecular weight excluding hydrogens is 321 g/mol. The number of carbonyl (C=O) groups excluding carboxylic acids is 1. The van der Waals surface area contributed by atoms with Gasteiger partial charge in [0, 0.05) is 6.08 Å². The van der Waals surface area contributed by atoms with E-state index < -0.39 is 17.7 Å². The van der Waals surface area contributed by atoms with Crippen molar-refractivity contribution in [2.45, 2.75) is 13.1 Å². The number of carbonyl (C=O) groups is 1. The van der Waals surface area contributed by atoms with Gasteiger partial charge in [0.05, 0.1) is 12.2 Å². The van der Waals surface area contributed by atoms with Gasteiger partial charge >= 0.3 is 12.1 Å². The maximum atomic E-state index is 13.2. The van der Waals surface area contributed by atoms with E-state index in [-0.39, 0.29) is 17.1 Å². The molecule has 0 aromatic heterocycles. The van der Waals surface area contributed by atoms with E-state index in [9.17, 15) is 18.0 Å². The molecule has 0 unspecified atom stereocenters. The molecule has 3 nitrogen and oxygen atoms in total. The zero-order valence-electron chi connectivity index (χ0n) is 12.8. The van der Waals surface area contributed by atoms with Crippen LogP contribution in [0.3, 0.4) is 0 Å². The molecule has 6 heteroatoms. The Morgan fingerprint density at radius 2 is 1.58 bits per heavy atom. The fourth-order valence-corrected chi connectivity index (χ4v) is 2.01. The average molecular weight is 336 g/mol. The number of rotatable bonds is 5. The van der Waals surface area contributed by atoms with Gasteiger partial charge in [0.25, 0.3) is 0 Å². The summed E-state index contributed by atoms with van der Waals surface area (Å²) in [6, 6.07) is 13.4. The SMILES string of the molecule is CCOc1ccccc1OC(=O)/C=C(/c1ccccc1)C(F)(F)F. The van der Waals surface area contributed by atoms with Crippen LogP contribution in [0.25, 0.3) is 5.57 Å². The fraction of sp³-hybridized carbons (Fsp3) is 0.167. The van der Waals surface area contributed by atoms with E-state index in [2.05, 4.69) is 0 Å². The Hall–Kier alpha value is -2.76. The van der Waals surface area contributed by atoms with E-state index >= 15 is 0 Å². The van der Waals surface area contributed by atoms with E-state index in [0.717, 1.165) is 0 Å². The van der Waals surface area contributed by atoms with Crippen LogP contribution in [-0.4, -0.2) is 18.8 Å². The summed E-state index contributed by atoms with van der Waals surface area (Å²) >= 11 is 0. The van der Waals surface area contributed by atoms with Crippen molar-refractivity contribution >= 4 is 11.5 Å². The lowest BCUT2D eigenvalue weighted by atomic mass is 10.1. The molecule has 24 heavy (non-hydrogen) atoms. The normalized spacial score (nSPS) is 11.9. The summed E-state index contributed by atoms with van der Waals surface area (Å²) in [4.78, 5) is 11.9. The predicted molar refractivity (Wildman–Crippen MR) is 83.7 cm³/mol. The summed E-state index contributed by atoms with van der Waals surface area (Å²) in [5.41, 5.74) is -1.18. The number of esters is 1. The fourth-order valence-electron chi connectivity index (χ4n) is 2.01. The highest BCUT2D eigenvalue weighted by Gasteiger charge is 2.35. The van der Waals surface area contributed by atoms with Crippen molar-refractivity contribution in [3.63, 3.8) is 0 Å². The summed E-state index contributed by atoms with van der Waals surface area (Å²) in [5, 5.41) is 0. The van der Waals surface area contributed by atoms with Crippen LogP contribution in [-0.2, 0) is 4.79 Å². The Balaban J connectivity index is 2.29. The minimum absolute atomic E-state index is 0.0650. The van der Waals surface area contributed by atoms with E-state index in [4.69, 9.17) is 9.47 Å². The quantitative estimate of drug-likeness (QED) is 0.453. The summed E-state index contributed by atoms with van der Waals surface area (Å²) in [7, 11) is 0. The topological polar surface area (TPSA) is 35.5 Å². The third-order valence-corrected chi connectivity index (χ3v) is 3.01. The molecule has 0 bridgehead atoms. The van der Waals surface area contributed by atoms with Crippen molar-refractivity contribution < 1.29 is 27.4 Å². The molecule has 0 saturated carbocycles. The number of allylic oxidation sites excluding steroid dienone is 1. The molecule has 0 radical (unpaired) electrons. The third kappa shape index (κ3) is 4.62. The van der Waals surface area contributed by atoms with Crippen LogP contribution in [0.5, 0.6) is 11.5 Å². The zero-order chi connectivity index (χ0) is 17.6. The van der Waals surface area contributed by atoms with Crippen molar-refractivity contribution in [1.29, 1.82) is 0 Å². The smallest absolute Gasteiger partial charge is 0.417 e. The summed E-state index contributed by atoms with van der Waals surface area (Å²) in [5.74, 6) is -0.775. The van der Waals surface area contributed by atoms with Crippen LogP contribution in [0.4, 0.5) is 13.2 Å². The standard InChI is InChI=1S/C18H15F3O3/c1-2-23-15-10-6-7-11-16(15)24-17(22)12-14(18(19,20)21)13-8-4-3-5-9-13/h3-12H,2H2,1H3/b14-12-. The first-order valence-corrected chi connectivity index (χ1v) is 7.19. The van der Waals surface area contributed by atoms with Gasteiger partial charge in [0.15, 0.2) is 11.5 Å². The van der Waals surface area contributed by atoms with E-state index in [1.54, 1.807) is 31.2 Å². The monoisotopic (exact) mass is 336 g/mol. The molecule has 126 valence electrons. The lowest BCUT2D eigenvalue weighted by Crippen LogP contribution is -2.15. The lowest BCUT2D eigenvalue weighted by molar-refractivity contribution is -0.129. The number of para-hydroxylation sites is 2. The van der Waals surface area contributed by atoms with Crippen LogP contribution >= 0.6 is 0 Å². The Kier molecular flexibility index (Phi) is 5.63. The molecule has 0 heterocycles. The minimum atomic E-state index is -4.68. The molecule has 2 aromatic rings. The highest BCUT2D eigenvalue weighted by molar-refractivity contribution is 5.94.